The Morgan fingerprint density at radius 3 is 1.88 bits per heavy atom. The van der Waals surface area contributed by atoms with Crippen molar-refractivity contribution in [1.82, 2.24) is 0 Å². The standard InChI is InChI=1S/C27H26ClN3O2/c28-22-13-7-8-14-23(22)31-25(32)19-24(27(31)33)29-15-17-30(18-16-29)26(20-9-3-1-4-10-20)21-11-5-2-6-12-21/h1-14,24,26H,15-19H2/p+2/t24-/m1/s1. The fourth-order valence-electron chi connectivity index (χ4n) is 5.32. The number of nitrogens with one attached hydrogen (secondary N) is 2. The van der Waals surface area contributed by atoms with Crippen LogP contribution >= 0.6 is 11.6 Å². The molecule has 2 amide bonds. The highest BCUT2D eigenvalue weighted by Crippen LogP contribution is 2.29. The van der Waals surface area contributed by atoms with Crippen LogP contribution < -0.4 is 14.7 Å². The summed E-state index contributed by atoms with van der Waals surface area (Å²) in [6, 6.07) is 28.3. The van der Waals surface area contributed by atoms with E-state index in [1.165, 1.54) is 25.8 Å². The van der Waals surface area contributed by atoms with Gasteiger partial charge in [-0.25, -0.2) is 4.90 Å². The summed E-state index contributed by atoms with van der Waals surface area (Å²) >= 11 is 6.28. The van der Waals surface area contributed by atoms with Gasteiger partial charge >= 0.3 is 0 Å². The molecular weight excluding hydrogens is 434 g/mol. The predicted octanol–water partition coefficient (Wildman–Crippen LogP) is 1.54. The molecule has 5 nitrogen and oxygen atoms in total. The number of quaternary nitrogens is 2. The predicted molar refractivity (Wildman–Crippen MR) is 128 cm³/mol. The molecule has 0 aromatic heterocycles. The quantitative estimate of drug-likeness (QED) is 0.566. The molecule has 2 aliphatic rings. The Kier molecular flexibility index (Phi) is 6.27. The van der Waals surface area contributed by atoms with Crippen LogP contribution in [0.3, 0.4) is 0 Å². The molecule has 3 aromatic carbocycles. The molecule has 0 radical (unpaired) electrons. The van der Waals surface area contributed by atoms with Gasteiger partial charge in [-0.15, -0.1) is 0 Å². The molecule has 0 unspecified atom stereocenters. The minimum Gasteiger partial charge on any atom is -0.316 e. The average Bonchev–Trinajstić information content (AvgIpc) is 3.15. The molecule has 0 bridgehead atoms. The fourth-order valence-corrected chi connectivity index (χ4v) is 5.54. The molecule has 2 saturated heterocycles. The number of hydrogen-bond donors (Lipinski definition) is 2. The van der Waals surface area contributed by atoms with Gasteiger partial charge in [-0.05, 0) is 12.1 Å². The van der Waals surface area contributed by atoms with Crippen LogP contribution in [0.25, 0.3) is 0 Å². The summed E-state index contributed by atoms with van der Waals surface area (Å²) in [5.41, 5.74) is 3.10. The zero-order valence-electron chi connectivity index (χ0n) is 18.4. The Balaban J connectivity index is 1.32. The van der Waals surface area contributed by atoms with E-state index in [9.17, 15) is 9.59 Å². The normalized spacial score (nSPS) is 23.3. The third kappa shape index (κ3) is 4.32. The Labute approximate surface area is 199 Å². The first-order chi connectivity index (χ1) is 16.1. The third-order valence-corrected chi connectivity index (χ3v) is 7.26. The number of anilines is 1. The second-order valence-electron chi connectivity index (χ2n) is 8.85. The summed E-state index contributed by atoms with van der Waals surface area (Å²) in [7, 11) is 0. The van der Waals surface area contributed by atoms with E-state index in [0.29, 0.717) is 10.7 Å². The topological polar surface area (TPSA) is 46.3 Å². The molecule has 2 fully saturated rings. The van der Waals surface area contributed by atoms with Gasteiger partial charge in [0.15, 0.2) is 6.04 Å². The van der Waals surface area contributed by atoms with E-state index < -0.39 is 0 Å². The van der Waals surface area contributed by atoms with Crippen LogP contribution in [0.2, 0.25) is 5.02 Å². The molecule has 6 heteroatoms. The number of imide groups is 1. The van der Waals surface area contributed by atoms with Crippen molar-refractivity contribution >= 4 is 29.1 Å². The number of hydrogen-bond acceptors (Lipinski definition) is 2. The minimum absolute atomic E-state index is 0.130. The van der Waals surface area contributed by atoms with Crippen LogP contribution in [0.1, 0.15) is 23.6 Å². The molecule has 2 heterocycles. The molecule has 168 valence electrons. The molecule has 0 saturated carbocycles. The molecule has 1 atom stereocenters. The number of benzene rings is 3. The van der Waals surface area contributed by atoms with Crippen molar-refractivity contribution in [1.29, 1.82) is 0 Å². The number of piperazine rings is 1. The van der Waals surface area contributed by atoms with Gasteiger partial charge in [0.1, 0.15) is 32.2 Å². The molecule has 0 spiro atoms. The second-order valence-corrected chi connectivity index (χ2v) is 9.25. The lowest BCUT2D eigenvalue weighted by Crippen LogP contribution is -3.30. The maximum atomic E-state index is 13.2. The summed E-state index contributed by atoms with van der Waals surface area (Å²) in [4.78, 5) is 30.0. The highest BCUT2D eigenvalue weighted by Gasteiger charge is 2.48. The van der Waals surface area contributed by atoms with Gasteiger partial charge in [0, 0.05) is 11.1 Å². The lowest BCUT2D eigenvalue weighted by Gasteiger charge is -2.36. The number of rotatable bonds is 5. The molecule has 0 aliphatic carbocycles. The van der Waals surface area contributed by atoms with Crippen molar-refractivity contribution in [3.8, 4) is 0 Å². The van der Waals surface area contributed by atoms with Gasteiger partial charge in [-0.1, -0.05) is 84.4 Å². The van der Waals surface area contributed by atoms with Crippen LogP contribution in [0, 0.1) is 0 Å². The molecule has 3 aromatic rings. The molecule has 2 N–H and O–H groups in total. The number of carbonyl (C=O) groups excluding carboxylic acids is 2. The second kappa shape index (κ2) is 9.48. The SMILES string of the molecule is O=C1C[C@@H]([NH+]2CC[NH+](C(c3ccccc3)c3ccccc3)CC2)C(=O)N1c1ccccc1Cl. The Morgan fingerprint density at radius 1 is 0.758 bits per heavy atom. The fraction of sp³-hybridized carbons (Fsp3) is 0.259. The van der Waals surface area contributed by atoms with Crippen molar-refractivity contribution < 1.29 is 19.4 Å². The lowest BCUT2D eigenvalue weighted by molar-refractivity contribution is -1.03. The summed E-state index contributed by atoms with van der Waals surface area (Å²) in [6.45, 7) is 3.58. The maximum absolute atomic E-state index is 13.2. The summed E-state index contributed by atoms with van der Waals surface area (Å²) in [6.07, 6.45) is 0.246. The van der Waals surface area contributed by atoms with Gasteiger partial charge in [0.2, 0.25) is 5.91 Å². The summed E-state index contributed by atoms with van der Waals surface area (Å²) in [5.74, 6) is -0.291. The maximum Gasteiger partial charge on any atom is 0.292 e. The summed E-state index contributed by atoms with van der Waals surface area (Å²) in [5, 5.41) is 0.428. The molecule has 5 rings (SSSR count). The first-order valence-electron chi connectivity index (χ1n) is 11.5. The number of nitrogens with zero attached hydrogens (tertiary/aromatic N) is 1. The highest BCUT2D eigenvalue weighted by molar-refractivity contribution is 6.36. The van der Waals surface area contributed by atoms with Crippen LogP contribution in [-0.4, -0.2) is 44.0 Å². The molecule has 33 heavy (non-hydrogen) atoms. The first kappa shape index (κ1) is 21.8. The number of para-hydroxylation sites is 1. The van der Waals surface area contributed by atoms with Crippen molar-refractivity contribution in [2.24, 2.45) is 0 Å². The lowest BCUT2D eigenvalue weighted by atomic mass is 9.96. The van der Waals surface area contributed by atoms with Crippen molar-refractivity contribution in [3.63, 3.8) is 0 Å². The number of amides is 2. The van der Waals surface area contributed by atoms with Gasteiger partial charge in [-0.3, -0.25) is 9.59 Å². The van der Waals surface area contributed by atoms with Crippen molar-refractivity contribution in [2.45, 2.75) is 18.5 Å². The van der Waals surface area contributed by atoms with Gasteiger partial charge in [0.25, 0.3) is 5.91 Å². The summed E-state index contributed by atoms with van der Waals surface area (Å²) < 4.78 is 0. The first-order valence-corrected chi connectivity index (χ1v) is 11.9. The van der Waals surface area contributed by atoms with E-state index in [4.69, 9.17) is 11.6 Å². The van der Waals surface area contributed by atoms with Gasteiger partial charge in [0.05, 0.1) is 17.1 Å². The van der Waals surface area contributed by atoms with E-state index >= 15 is 0 Å². The van der Waals surface area contributed by atoms with Crippen LogP contribution in [0.5, 0.6) is 0 Å². The van der Waals surface area contributed by atoms with E-state index in [-0.39, 0.29) is 30.3 Å². The van der Waals surface area contributed by atoms with E-state index in [1.54, 1.807) is 24.3 Å². The van der Waals surface area contributed by atoms with Gasteiger partial charge < -0.3 is 9.80 Å². The Morgan fingerprint density at radius 2 is 1.30 bits per heavy atom. The third-order valence-electron chi connectivity index (χ3n) is 6.94. The Hall–Kier alpha value is -2.99. The van der Waals surface area contributed by atoms with Crippen molar-refractivity contribution in [2.75, 3.05) is 31.1 Å². The largest absolute Gasteiger partial charge is 0.316 e. The van der Waals surface area contributed by atoms with Crippen LogP contribution in [0.15, 0.2) is 84.9 Å². The van der Waals surface area contributed by atoms with E-state index in [2.05, 4.69) is 60.7 Å². The van der Waals surface area contributed by atoms with E-state index in [1.807, 2.05) is 0 Å². The van der Waals surface area contributed by atoms with Crippen molar-refractivity contribution in [3.05, 3.63) is 101 Å². The van der Waals surface area contributed by atoms with E-state index in [0.717, 1.165) is 26.2 Å². The van der Waals surface area contributed by atoms with Gasteiger partial charge in [-0.2, -0.15) is 0 Å². The number of carbonyl (C=O) groups is 2. The number of halogens is 1. The minimum atomic E-state index is -0.331. The zero-order chi connectivity index (χ0) is 22.8. The Bertz CT molecular complexity index is 1090. The molecular formula is C27H28ClN3O2+2. The zero-order valence-corrected chi connectivity index (χ0v) is 19.2. The average molecular weight is 462 g/mol. The monoisotopic (exact) mass is 461 g/mol. The molecule has 2 aliphatic heterocycles. The van der Waals surface area contributed by atoms with Crippen LogP contribution in [0.4, 0.5) is 5.69 Å². The van der Waals surface area contributed by atoms with Crippen LogP contribution in [-0.2, 0) is 9.59 Å². The highest BCUT2D eigenvalue weighted by atomic mass is 35.5. The smallest absolute Gasteiger partial charge is 0.292 e.